The van der Waals surface area contributed by atoms with E-state index in [0.717, 1.165) is 18.4 Å². The third kappa shape index (κ3) is 4.44. The Morgan fingerprint density at radius 2 is 2.13 bits per heavy atom. The molecule has 0 radical (unpaired) electrons. The zero-order valence-corrected chi connectivity index (χ0v) is 13.9. The van der Waals surface area contributed by atoms with Gasteiger partial charge in [-0.2, -0.15) is 0 Å². The molecule has 1 aliphatic rings. The van der Waals surface area contributed by atoms with Gasteiger partial charge in [-0.3, -0.25) is 10.1 Å². The van der Waals surface area contributed by atoms with Gasteiger partial charge in [0.15, 0.2) is 0 Å². The Morgan fingerprint density at radius 1 is 1.43 bits per heavy atom. The molecule has 2 amide bonds. The van der Waals surface area contributed by atoms with Crippen molar-refractivity contribution < 1.29 is 24.2 Å². The van der Waals surface area contributed by atoms with Gasteiger partial charge < -0.3 is 14.7 Å². The van der Waals surface area contributed by atoms with Gasteiger partial charge in [-0.15, -0.1) is 11.3 Å². The van der Waals surface area contributed by atoms with Crippen LogP contribution in [0.5, 0.6) is 0 Å². The van der Waals surface area contributed by atoms with E-state index in [1.54, 1.807) is 6.92 Å². The highest BCUT2D eigenvalue weighted by atomic mass is 32.1. The highest BCUT2D eigenvalue weighted by Gasteiger charge is 2.32. The number of carbonyl (C=O) groups excluding carboxylic acids is 2. The molecular weight excluding hydrogens is 320 g/mol. The second-order valence-electron chi connectivity index (χ2n) is 5.39. The number of carboxylic acids is 1. The number of carboxylic acid groups (broad SMARTS) is 1. The van der Waals surface area contributed by atoms with E-state index in [4.69, 9.17) is 9.84 Å². The van der Waals surface area contributed by atoms with E-state index in [1.807, 2.05) is 5.38 Å². The van der Waals surface area contributed by atoms with E-state index in [0.29, 0.717) is 16.5 Å². The summed E-state index contributed by atoms with van der Waals surface area (Å²) < 4.78 is 5.09. The van der Waals surface area contributed by atoms with Crippen LogP contribution >= 0.6 is 11.3 Å². The van der Waals surface area contributed by atoms with Crippen LogP contribution in [-0.4, -0.2) is 48.2 Å². The molecule has 1 aromatic heterocycles. The zero-order chi connectivity index (χ0) is 17.0. The van der Waals surface area contributed by atoms with Crippen molar-refractivity contribution in [2.75, 3.05) is 25.5 Å². The van der Waals surface area contributed by atoms with Crippen LogP contribution in [0.15, 0.2) is 5.38 Å². The number of nitrogens with zero attached hydrogens (tertiary/aromatic N) is 1. The normalized spacial score (nSPS) is 13.5. The summed E-state index contributed by atoms with van der Waals surface area (Å²) in [6, 6.07) is -0.444. The molecule has 1 heterocycles. The smallest absolute Gasteiger partial charge is 0.341 e. The monoisotopic (exact) mass is 340 g/mol. The lowest BCUT2D eigenvalue weighted by Gasteiger charge is -2.17. The maximum atomic E-state index is 12.2. The maximum Gasteiger partial charge on any atom is 0.341 e. The van der Waals surface area contributed by atoms with Gasteiger partial charge in [0.25, 0.3) is 0 Å². The first-order valence-corrected chi connectivity index (χ1v) is 8.34. The lowest BCUT2D eigenvalue weighted by molar-refractivity contribution is -0.137. The summed E-state index contributed by atoms with van der Waals surface area (Å²) in [6.45, 7) is 2.10. The Bertz CT molecular complexity index is 609. The number of nitrogens with one attached hydrogen (secondary N) is 1. The summed E-state index contributed by atoms with van der Waals surface area (Å²) in [4.78, 5) is 36.2. The third-order valence-electron chi connectivity index (χ3n) is 3.54. The number of hydrogen-bond acceptors (Lipinski definition) is 5. The number of ether oxygens (including phenoxy) is 1. The Labute approximate surface area is 138 Å². The molecule has 0 aromatic carbocycles. The minimum atomic E-state index is -0.969. The second kappa shape index (κ2) is 7.45. The Hall–Kier alpha value is -2.09. The van der Waals surface area contributed by atoms with Crippen LogP contribution in [0.4, 0.5) is 9.80 Å². The first-order valence-electron chi connectivity index (χ1n) is 7.46. The molecule has 0 unspecified atom stereocenters. The fraction of sp³-hybridized carbons (Fsp3) is 0.533. The zero-order valence-electron chi connectivity index (χ0n) is 13.1. The van der Waals surface area contributed by atoms with Crippen LogP contribution in [0, 0.1) is 0 Å². The average Bonchev–Trinajstić information content (AvgIpc) is 3.26. The van der Waals surface area contributed by atoms with Gasteiger partial charge in [-0.1, -0.05) is 0 Å². The SMILES string of the molecule is CCOC(=O)c1c(C2CC2)csc1NC(=O)N(C)CCC(=O)O. The number of hydrogen-bond donors (Lipinski definition) is 2. The topological polar surface area (TPSA) is 95.9 Å². The first kappa shape index (κ1) is 17.3. The summed E-state index contributed by atoms with van der Waals surface area (Å²) in [5.74, 6) is -1.04. The summed E-state index contributed by atoms with van der Waals surface area (Å²) in [5, 5.41) is 13.7. The molecule has 0 spiro atoms. The van der Waals surface area contributed by atoms with Gasteiger partial charge in [-0.05, 0) is 36.6 Å². The Morgan fingerprint density at radius 3 is 2.70 bits per heavy atom. The number of aliphatic carboxylic acids is 1. The molecule has 8 heteroatoms. The first-order chi connectivity index (χ1) is 10.9. The van der Waals surface area contributed by atoms with Gasteiger partial charge in [0.1, 0.15) is 5.00 Å². The van der Waals surface area contributed by atoms with E-state index < -0.39 is 18.0 Å². The number of carbonyl (C=O) groups is 3. The fourth-order valence-electron chi connectivity index (χ4n) is 2.13. The van der Waals surface area contributed by atoms with Crippen LogP contribution in [0.3, 0.4) is 0 Å². The van der Waals surface area contributed by atoms with E-state index in [-0.39, 0.29) is 19.6 Å². The van der Waals surface area contributed by atoms with Crippen molar-refractivity contribution >= 4 is 34.3 Å². The molecule has 2 N–H and O–H groups in total. The molecule has 1 saturated carbocycles. The quantitative estimate of drug-likeness (QED) is 0.744. The number of amides is 2. The predicted octanol–water partition coefficient (Wildman–Crippen LogP) is 2.74. The highest BCUT2D eigenvalue weighted by molar-refractivity contribution is 7.15. The van der Waals surface area contributed by atoms with Crippen LogP contribution < -0.4 is 5.32 Å². The number of urea groups is 1. The van der Waals surface area contributed by atoms with Crippen molar-refractivity contribution in [1.82, 2.24) is 4.90 Å². The van der Waals surface area contributed by atoms with Gasteiger partial charge in [0.2, 0.25) is 0 Å². The molecule has 23 heavy (non-hydrogen) atoms. The van der Waals surface area contributed by atoms with Crippen molar-refractivity contribution in [2.24, 2.45) is 0 Å². The average molecular weight is 340 g/mol. The van der Waals surface area contributed by atoms with Crippen molar-refractivity contribution in [3.8, 4) is 0 Å². The van der Waals surface area contributed by atoms with Crippen LogP contribution in [0.25, 0.3) is 0 Å². The fourth-order valence-corrected chi connectivity index (χ4v) is 3.15. The molecule has 7 nitrogen and oxygen atoms in total. The van der Waals surface area contributed by atoms with Crippen molar-refractivity contribution in [3.63, 3.8) is 0 Å². The van der Waals surface area contributed by atoms with Crippen molar-refractivity contribution in [3.05, 3.63) is 16.5 Å². The number of rotatable bonds is 7. The van der Waals surface area contributed by atoms with Crippen LogP contribution in [0.2, 0.25) is 0 Å². The Balaban J connectivity index is 2.11. The van der Waals surface area contributed by atoms with E-state index in [2.05, 4.69) is 5.32 Å². The molecule has 1 aliphatic carbocycles. The molecule has 0 saturated heterocycles. The minimum Gasteiger partial charge on any atom is -0.481 e. The van der Waals surface area contributed by atoms with Gasteiger partial charge in [0, 0.05) is 13.6 Å². The number of esters is 1. The summed E-state index contributed by atoms with van der Waals surface area (Å²) in [7, 11) is 1.51. The molecular formula is C15H20N2O5S. The highest BCUT2D eigenvalue weighted by Crippen LogP contribution is 2.46. The van der Waals surface area contributed by atoms with Crippen molar-refractivity contribution in [1.29, 1.82) is 0 Å². The lowest BCUT2D eigenvalue weighted by Crippen LogP contribution is -2.33. The van der Waals surface area contributed by atoms with E-state index in [1.165, 1.54) is 23.3 Å². The molecule has 2 rings (SSSR count). The maximum absolute atomic E-state index is 12.2. The van der Waals surface area contributed by atoms with Crippen LogP contribution in [-0.2, 0) is 9.53 Å². The molecule has 1 fully saturated rings. The molecule has 1 aromatic rings. The van der Waals surface area contributed by atoms with Gasteiger partial charge in [0.05, 0.1) is 18.6 Å². The summed E-state index contributed by atoms with van der Waals surface area (Å²) >= 11 is 1.29. The van der Waals surface area contributed by atoms with Gasteiger partial charge in [-0.25, -0.2) is 9.59 Å². The summed E-state index contributed by atoms with van der Waals surface area (Å²) in [5.41, 5.74) is 1.36. The number of thiophene rings is 1. The second-order valence-corrected chi connectivity index (χ2v) is 6.27. The minimum absolute atomic E-state index is 0.0940. The largest absolute Gasteiger partial charge is 0.481 e. The van der Waals surface area contributed by atoms with E-state index in [9.17, 15) is 14.4 Å². The van der Waals surface area contributed by atoms with E-state index >= 15 is 0 Å². The number of anilines is 1. The molecule has 0 aliphatic heterocycles. The molecule has 0 atom stereocenters. The summed E-state index contributed by atoms with van der Waals surface area (Å²) in [6.07, 6.45) is 1.94. The Kier molecular flexibility index (Phi) is 5.59. The van der Waals surface area contributed by atoms with Gasteiger partial charge >= 0.3 is 18.0 Å². The predicted molar refractivity (Wildman–Crippen MR) is 86.2 cm³/mol. The molecule has 126 valence electrons. The van der Waals surface area contributed by atoms with Crippen LogP contribution in [0.1, 0.15) is 48.0 Å². The lowest BCUT2D eigenvalue weighted by atomic mass is 10.1. The standard InChI is InChI=1S/C15H20N2O5S/c1-3-22-14(20)12-10(9-4-5-9)8-23-13(12)16-15(21)17(2)7-6-11(18)19/h8-9H,3-7H2,1-2H3,(H,16,21)(H,18,19). The molecule has 0 bridgehead atoms. The van der Waals surface area contributed by atoms with Crippen molar-refractivity contribution in [2.45, 2.75) is 32.1 Å². The third-order valence-corrected chi connectivity index (χ3v) is 4.46.